The Morgan fingerprint density at radius 3 is 2.43 bits per heavy atom. The molecule has 2 heterocycles. The first-order chi connectivity index (χ1) is 13.9. The average molecular weight is 432 g/mol. The van der Waals surface area contributed by atoms with Crippen molar-refractivity contribution in [1.82, 2.24) is 10.2 Å². The Morgan fingerprint density at radius 2 is 1.77 bits per heavy atom. The zero-order valence-corrected chi connectivity index (χ0v) is 18.0. The number of halogens is 2. The fourth-order valence-electron chi connectivity index (χ4n) is 4.44. The molecule has 2 bridgehead atoms. The summed E-state index contributed by atoms with van der Waals surface area (Å²) >= 11 is 0. The number of hydrogen-bond donors (Lipinski definition) is 2. The second-order valence-electron chi connectivity index (χ2n) is 8.14. The van der Waals surface area contributed by atoms with Gasteiger partial charge in [0.2, 0.25) is 0 Å². The number of aryl methyl sites for hydroxylation is 1. The van der Waals surface area contributed by atoms with E-state index in [1.807, 2.05) is 24.9 Å². The zero-order chi connectivity index (χ0) is 20.5. The van der Waals surface area contributed by atoms with Gasteiger partial charge < -0.3 is 15.5 Å². The van der Waals surface area contributed by atoms with Crippen LogP contribution in [0.25, 0.3) is 0 Å². The van der Waals surface area contributed by atoms with Gasteiger partial charge in [-0.1, -0.05) is 18.2 Å². The number of benzene rings is 2. The van der Waals surface area contributed by atoms with Crippen LogP contribution in [0.4, 0.5) is 10.1 Å². The van der Waals surface area contributed by atoms with Gasteiger partial charge in [-0.3, -0.25) is 9.59 Å². The molecule has 160 valence electrons. The molecule has 2 atom stereocenters. The van der Waals surface area contributed by atoms with E-state index < -0.39 is 11.7 Å². The molecule has 0 spiro atoms. The molecule has 0 saturated carbocycles. The number of carbonyl (C=O) groups excluding carboxylic acids is 2. The molecule has 0 aliphatic carbocycles. The maximum atomic E-state index is 13.9. The number of rotatable bonds is 4. The third kappa shape index (κ3) is 4.50. The molecule has 30 heavy (non-hydrogen) atoms. The molecule has 2 aromatic carbocycles. The maximum absolute atomic E-state index is 13.9. The van der Waals surface area contributed by atoms with Crippen molar-refractivity contribution < 1.29 is 14.0 Å². The van der Waals surface area contributed by atoms with E-state index >= 15 is 0 Å². The van der Waals surface area contributed by atoms with E-state index in [0.29, 0.717) is 23.3 Å². The third-order valence-corrected chi connectivity index (χ3v) is 6.17. The first-order valence-electron chi connectivity index (χ1n) is 10.1. The van der Waals surface area contributed by atoms with Crippen molar-refractivity contribution in [3.8, 4) is 0 Å². The summed E-state index contributed by atoms with van der Waals surface area (Å²) in [4.78, 5) is 27.4. The number of fused-ring (bicyclic) bond motifs is 2. The molecule has 2 aliphatic heterocycles. The Kier molecular flexibility index (Phi) is 6.78. The molecule has 0 radical (unpaired) electrons. The quantitative estimate of drug-likeness (QED) is 0.764. The van der Waals surface area contributed by atoms with Crippen LogP contribution in [0.5, 0.6) is 0 Å². The van der Waals surface area contributed by atoms with Crippen molar-refractivity contribution in [3.63, 3.8) is 0 Å². The van der Waals surface area contributed by atoms with Crippen molar-refractivity contribution in [1.29, 1.82) is 0 Å². The highest BCUT2D eigenvalue weighted by molar-refractivity contribution is 6.05. The normalized spacial score (nSPS) is 22.2. The summed E-state index contributed by atoms with van der Waals surface area (Å²) in [5.74, 6) is -1.16. The molecule has 4 rings (SSSR count). The van der Waals surface area contributed by atoms with Crippen LogP contribution in [0.3, 0.4) is 0 Å². The van der Waals surface area contributed by atoms with Crippen LogP contribution in [0.2, 0.25) is 0 Å². The molecule has 2 N–H and O–H groups in total. The van der Waals surface area contributed by atoms with Crippen molar-refractivity contribution in [2.45, 2.75) is 50.7 Å². The average Bonchev–Trinajstić information content (AvgIpc) is 3.06. The third-order valence-electron chi connectivity index (χ3n) is 6.17. The molecule has 5 nitrogen and oxygen atoms in total. The zero-order valence-electron chi connectivity index (χ0n) is 17.2. The van der Waals surface area contributed by atoms with E-state index in [9.17, 15) is 14.0 Å². The smallest absolute Gasteiger partial charge is 0.258 e. The van der Waals surface area contributed by atoms with E-state index in [1.54, 1.807) is 24.3 Å². The number of nitrogens with zero attached hydrogens (tertiary/aromatic N) is 1. The summed E-state index contributed by atoms with van der Waals surface area (Å²) in [7, 11) is 1.86. The highest BCUT2D eigenvalue weighted by Crippen LogP contribution is 2.30. The predicted molar refractivity (Wildman–Crippen MR) is 118 cm³/mol. The Labute approximate surface area is 182 Å². The lowest BCUT2D eigenvalue weighted by Crippen LogP contribution is -2.48. The van der Waals surface area contributed by atoms with Crippen molar-refractivity contribution >= 4 is 29.9 Å². The van der Waals surface area contributed by atoms with E-state index in [2.05, 4.69) is 10.6 Å². The van der Waals surface area contributed by atoms with E-state index in [0.717, 1.165) is 18.4 Å². The largest absolute Gasteiger partial charge is 0.339 e. The van der Waals surface area contributed by atoms with Gasteiger partial charge >= 0.3 is 0 Å². The fourth-order valence-corrected chi connectivity index (χ4v) is 4.44. The molecule has 2 saturated heterocycles. The van der Waals surface area contributed by atoms with Crippen LogP contribution < -0.4 is 10.6 Å². The second kappa shape index (κ2) is 9.14. The summed E-state index contributed by atoms with van der Waals surface area (Å²) < 4.78 is 13.9. The number of carbonyl (C=O) groups is 2. The lowest BCUT2D eigenvalue weighted by molar-refractivity contribution is 0.0681. The molecule has 2 aromatic rings. The highest BCUT2D eigenvalue weighted by Gasteiger charge is 2.36. The van der Waals surface area contributed by atoms with Crippen LogP contribution in [0, 0.1) is 12.7 Å². The van der Waals surface area contributed by atoms with Gasteiger partial charge in [-0.25, -0.2) is 4.39 Å². The number of nitrogens with one attached hydrogen (secondary N) is 2. The van der Waals surface area contributed by atoms with Crippen LogP contribution in [-0.2, 0) is 0 Å². The summed E-state index contributed by atoms with van der Waals surface area (Å²) in [6.07, 6.45) is 4.31. The van der Waals surface area contributed by atoms with E-state index in [4.69, 9.17) is 0 Å². The van der Waals surface area contributed by atoms with Crippen molar-refractivity contribution in [3.05, 3.63) is 65.0 Å². The Morgan fingerprint density at radius 1 is 1.10 bits per heavy atom. The standard InChI is InChI=1S/C23H26FN3O2.ClH/c1-14-7-8-15(11-21(14)26-22(28)19-5-3-4-6-20(19)24)23(29)27(2)18-12-16-9-10-17(13-18)25-16;/h3-8,11,16-18,25H,9-10,12-13H2,1-2H3,(H,26,28);1H. The van der Waals surface area contributed by atoms with Gasteiger partial charge in [0.1, 0.15) is 5.82 Å². The molecule has 7 heteroatoms. The van der Waals surface area contributed by atoms with Gasteiger partial charge in [-0.2, -0.15) is 0 Å². The number of amides is 2. The SMILES string of the molecule is Cc1ccc(C(=O)N(C)C2CC3CCC(C2)N3)cc1NC(=O)c1ccccc1F.Cl. The molecule has 0 aromatic heterocycles. The summed E-state index contributed by atoms with van der Waals surface area (Å²) in [6, 6.07) is 12.3. The molecule has 2 aliphatic rings. The van der Waals surface area contributed by atoms with Crippen LogP contribution in [0.1, 0.15) is 52.0 Å². The molecular weight excluding hydrogens is 405 g/mol. The summed E-state index contributed by atoms with van der Waals surface area (Å²) in [5.41, 5.74) is 1.83. The van der Waals surface area contributed by atoms with Crippen molar-refractivity contribution in [2.75, 3.05) is 12.4 Å². The van der Waals surface area contributed by atoms with Gasteiger partial charge in [0.05, 0.1) is 5.56 Å². The topological polar surface area (TPSA) is 61.4 Å². The highest BCUT2D eigenvalue weighted by atomic mass is 35.5. The van der Waals surface area contributed by atoms with E-state index in [-0.39, 0.29) is 29.9 Å². The minimum atomic E-state index is -0.574. The summed E-state index contributed by atoms with van der Waals surface area (Å²) in [5, 5.41) is 6.34. The predicted octanol–water partition coefficient (Wildman–Crippen LogP) is 4.16. The minimum absolute atomic E-state index is 0. The molecule has 2 unspecified atom stereocenters. The molecule has 2 fully saturated rings. The van der Waals surface area contributed by atoms with Gasteiger partial charge in [-0.05, 0) is 62.4 Å². The second-order valence-corrected chi connectivity index (χ2v) is 8.14. The van der Waals surface area contributed by atoms with Crippen LogP contribution in [-0.4, -0.2) is 41.9 Å². The molecular formula is C23H27ClFN3O2. The number of anilines is 1. The van der Waals surface area contributed by atoms with E-state index in [1.165, 1.54) is 25.0 Å². The Hall–Kier alpha value is -2.44. The fraction of sp³-hybridized carbons (Fsp3) is 0.391. The first-order valence-corrected chi connectivity index (χ1v) is 10.1. The monoisotopic (exact) mass is 431 g/mol. The van der Waals surface area contributed by atoms with Gasteiger partial charge in [0.25, 0.3) is 11.8 Å². The lowest BCUT2D eigenvalue weighted by Gasteiger charge is -2.35. The van der Waals surface area contributed by atoms with Crippen molar-refractivity contribution in [2.24, 2.45) is 0 Å². The molecule has 2 amide bonds. The first kappa shape index (κ1) is 22.2. The Bertz CT molecular complexity index is 940. The lowest BCUT2D eigenvalue weighted by atomic mass is 9.97. The van der Waals surface area contributed by atoms with Gasteiger partial charge in [-0.15, -0.1) is 12.4 Å². The number of piperidine rings is 1. The Balaban J connectivity index is 0.00000256. The van der Waals surface area contributed by atoms with Gasteiger partial charge in [0, 0.05) is 36.4 Å². The minimum Gasteiger partial charge on any atom is -0.339 e. The summed E-state index contributed by atoms with van der Waals surface area (Å²) in [6.45, 7) is 1.85. The van der Waals surface area contributed by atoms with Gasteiger partial charge in [0.15, 0.2) is 0 Å². The van der Waals surface area contributed by atoms with Crippen LogP contribution >= 0.6 is 12.4 Å². The maximum Gasteiger partial charge on any atom is 0.258 e. The number of hydrogen-bond acceptors (Lipinski definition) is 3. The van der Waals surface area contributed by atoms with Crippen LogP contribution in [0.15, 0.2) is 42.5 Å².